The van der Waals surface area contributed by atoms with E-state index in [0.717, 1.165) is 17.9 Å². The number of aryl methyl sites for hydroxylation is 1. The minimum atomic E-state index is -0.246. The Bertz CT molecular complexity index is 693. The molecule has 2 aromatic rings. The van der Waals surface area contributed by atoms with Crippen molar-refractivity contribution in [1.82, 2.24) is 25.4 Å². The normalized spacial score (nSPS) is 11.5. The Kier molecular flexibility index (Phi) is 6.11. The third-order valence-electron chi connectivity index (χ3n) is 3.48. The van der Waals surface area contributed by atoms with E-state index in [1.54, 1.807) is 15.6 Å². The molecule has 0 atom stereocenters. The summed E-state index contributed by atoms with van der Waals surface area (Å²) in [6.07, 6.45) is 1.51. The summed E-state index contributed by atoms with van der Waals surface area (Å²) in [5, 5.41) is 10.4. The fourth-order valence-corrected chi connectivity index (χ4v) is 2.17. The van der Waals surface area contributed by atoms with Gasteiger partial charge in [0.2, 0.25) is 0 Å². The van der Waals surface area contributed by atoms with Crippen molar-refractivity contribution in [3.05, 3.63) is 41.7 Å². The molecule has 0 radical (unpaired) electrons. The number of anilines is 1. The van der Waals surface area contributed by atoms with Gasteiger partial charge in [-0.2, -0.15) is 5.10 Å². The lowest BCUT2D eigenvalue weighted by molar-refractivity contribution is 0.623. The van der Waals surface area contributed by atoms with Crippen LogP contribution in [0.2, 0.25) is 0 Å². The fraction of sp³-hybridized carbons (Fsp3) is 0.438. The molecular weight excluding hydrogens is 309 g/mol. The van der Waals surface area contributed by atoms with E-state index in [1.807, 2.05) is 34.1 Å². The van der Waals surface area contributed by atoms with Crippen molar-refractivity contribution in [2.75, 3.05) is 25.5 Å². The van der Waals surface area contributed by atoms with Gasteiger partial charge in [-0.3, -0.25) is 4.68 Å². The van der Waals surface area contributed by atoms with Gasteiger partial charge < -0.3 is 15.5 Å². The van der Waals surface area contributed by atoms with Crippen LogP contribution in [0.1, 0.15) is 18.3 Å². The smallest absolute Gasteiger partial charge is 0.191 e. The van der Waals surface area contributed by atoms with Crippen molar-refractivity contribution in [2.45, 2.75) is 20.0 Å². The molecule has 7 nitrogen and oxygen atoms in total. The first kappa shape index (κ1) is 17.7. The van der Waals surface area contributed by atoms with E-state index in [4.69, 9.17) is 0 Å². The molecule has 0 aliphatic carbocycles. The SMILES string of the molecule is CCNC(=NCc1ccc(N(C)C)c(F)c1)NCc1ncnn1C. The Labute approximate surface area is 141 Å². The van der Waals surface area contributed by atoms with Gasteiger partial charge in [0, 0.05) is 27.7 Å². The summed E-state index contributed by atoms with van der Waals surface area (Å²) in [6, 6.07) is 5.17. The monoisotopic (exact) mass is 333 g/mol. The van der Waals surface area contributed by atoms with Crippen LogP contribution in [0, 0.1) is 5.82 Å². The topological polar surface area (TPSA) is 70.4 Å². The summed E-state index contributed by atoms with van der Waals surface area (Å²) < 4.78 is 15.7. The number of halogens is 1. The highest BCUT2D eigenvalue weighted by atomic mass is 19.1. The third-order valence-corrected chi connectivity index (χ3v) is 3.48. The molecule has 24 heavy (non-hydrogen) atoms. The molecule has 0 saturated heterocycles. The molecule has 0 saturated carbocycles. The number of guanidine groups is 1. The lowest BCUT2D eigenvalue weighted by Crippen LogP contribution is -2.37. The van der Waals surface area contributed by atoms with Crippen molar-refractivity contribution in [3.63, 3.8) is 0 Å². The first-order valence-corrected chi connectivity index (χ1v) is 7.82. The van der Waals surface area contributed by atoms with E-state index >= 15 is 0 Å². The Morgan fingerprint density at radius 3 is 2.71 bits per heavy atom. The summed E-state index contributed by atoms with van der Waals surface area (Å²) >= 11 is 0. The molecule has 2 rings (SSSR count). The largest absolute Gasteiger partial charge is 0.375 e. The lowest BCUT2D eigenvalue weighted by atomic mass is 10.2. The maximum absolute atomic E-state index is 14.0. The predicted octanol–water partition coefficient (Wildman–Crippen LogP) is 1.28. The summed E-state index contributed by atoms with van der Waals surface area (Å²) in [6.45, 7) is 3.62. The quantitative estimate of drug-likeness (QED) is 0.615. The zero-order chi connectivity index (χ0) is 17.5. The van der Waals surface area contributed by atoms with Gasteiger partial charge in [0.05, 0.1) is 18.8 Å². The van der Waals surface area contributed by atoms with E-state index in [9.17, 15) is 4.39 Å². The average Bonchev–Trinajstić information content (AvgIpc) is 2.95. The zero-order valence-corrected chi connectivity index (χ0v) is 14.5. The second-order valence-electron chi connectivity index (χ2n) is 5.53. The van der Waals surface area contributed by atoms with Gasteiger partial charge in [0.1, 0.15) is 18.0 Å². The molecule has 0 fully saturated rings. The number of nitrogens with one attached hydrogen (secondary N) is 2. The predicted molar refractivity (Wildman–Crippen MR) is 93.4 cm³/mol. The Balaban J connectivity index is 2.02. The lowest BCUT2D eigenvalue weighted by Gasteiger charge is -2.14. The van der Waals surface area contributed by atoms with Crippen molar-refractivity contribution >= 4 is 11.6 Å². The van der Waals surface area contributed by atoms with Crippen LogP contribution in [0.4, 0.5) is 10.1 Å². The van der Waals surface area contributed by atoms with Gasteiger partial charge in [0.25, 0.3) is 0 Å². The van der Waals surface area contributed by atoms with Gasteiger partial charge in [-0.1, -0.05) is 6.07 Å². The molecule has 130 valence electrons. The van der Waals surface area contributed by atoms with Crippen molar-refractivity contribution in [2.24, 2.45) is 12.0 Å². The van der Waals surface area contributed by atoms with Crippen LogP contribution in [0.15, 0.2) is 29.5 Å². The summed E-state index contributed by atoms with van der Waals surface area (Å²) in [4.78, 5) is 10.4. The van der Waals surface area contributed by atoms with Crippen LogP contribution in [0.3, 0.4) is 0 Å². The van der Waals surface area contributed by atoms with E-state index in [0.29, 0.717) is 24.7 Å². The molecular formula is C16H24FN7. The summed E-state index contributed by atoms with van der Waals surface area (Å²) in [7, 11) is 5.47. The van der Waals surface area contributed by atoms with E-state index in [-0.39, 0.29) is 5.82 Å². The molecule has 0 bridgehead atoms. The maximum atomic E-state index is 14.0. The van der Waals surface area contributed by atoms with Crippen LogP contribution < -0.4 is 15.5 Å². The van der Waals surface area contributed by atoms with Gasteiger partial charge >= 0.3 is 0 Å². The van der Waals surface area contributed by atoms with Crippen LogP contribution >= 0.6 is 0 Å². The summed E-state index contributed by atoms with van der Waals surface area (Å²) in [5.74, 6) is 1.21. The van der Waals surface area contributed by atoms with Gasteiger partial charge in [0.15, 0.2) is 5.96 Å². The van der Waals surface area contributed by atoms with Gasteiger partial charge in [-0.05, 0) is 24.6 Å². The molecule has 8 heteroatoms. The molecule has 1 aromatic heterocycles. The number of hydrogen-bond donors (Lipinski definition) is 2. The molecule has 0 aliphatic rings. The number of hydrogen-bond acceptors (Lipinski definition) is 4. The van der Waals surface area contributed by atoms with Crippen LogP contribution in [0.5, 0.6) is 0 Å². The molecule has 1 heterocycles. The zero-order valence-electron chi connectivity index (χ0n) is 14.5. The highest BCUT2D eigenvalue weighted by Crippen LogP contribution is 2.18. The number of benzene rings is 1. The number of aliphatic imine (C=N–C) groups is 1. The van der Waals surface area contributed by atoms with Crippen LogP contribution in [-0.2, 0) is 20.1 Å². The first-order chi connectivity index (χ1) is 11.5. The highest BCUT2D eigenvalue weighted by Gasteiger charge is 2.06. The number of nitrogens with zero attached hydrogens (tertiary/aromatic N) is 5. The molecule has 1 aromatic carbocycles. The molecule has 0 spiro atoms. The van der Waals surface area contributed by atoms with E-state index < -0.39 is 0 Å². The molecule has 0 aliphatic heterocycles. The molecule has 0 amide bonds. The average molecular weight is 333 g/mol. The Hall–Kier alpha value is -2.64. The molecule has 0 unspecified atom stereocenters. The molecule has 2 N–H and O–H groups in total. The number of rotatable bonds is 6. The second-order valence-corrected chi connectivity index (χ2v) is 5.53. The fourth-order valence-electron chi connectivity index (χ4n) is 2.17. The minimum absolute atomic E-state index is 0.246. The van der Waals surface area contributed by atoms with Crippen molar-refractivity contribution < 1.29 is 4.39 Å². The van der Waals surface area contributed by atoms with Crippen LogP contribution in [0.25, 0.3) is 0 Å². The minimum Gasteiger partial charge on any atom is -0.375 e. The maximum Gasteiger partial charge on any atom is 0.191 e. The Morgan fingerprint density at radius 1 is 1.33 bits per heavy atom. The first-order valence-electron chi connectivity index (χ1n) is 7.82. The second kappa shape index (κ2) is 8.28. The summed E-state index contributed by atoms with van der Waals surface area (Å²) in [5.41, 5.74) is 1.38. The Morgan fingerprint density at radius 2 is 2.12 bits per heavy atom. The van der Waals surface area contributed by atoms with Crippen molar-refractivity contribution in [3.8, 4) is 0 Å². The van der Waals surface area contributed by atoms with E-state index in [1.165, 1.54) is 12.4 Å². The standard InChI is InChI=1S/C16H24FN7/c1-5-18-16(20-10-15-21-11-22-24(15)4)19-9-12-6-7-14(23(2)3)13(17)8-12/h6-8,11H,5,9-10H2,1-4H3,(H2,18,19,20). The van der Waals surface area contributed by atoms with Crippen LogP contribution in [-0.4, -0.2) is 41.4 Å². The highest BCUT2D eigenvalue weighted by molar-refractivity contribution is 5.79. The van der Waals surface area contributed by atoms with E-state index in [2.05, 4.69) is 25.7 Å². The number of aromatic nitrogens is 3. The van der Waals surface area contributed by atoms with Gasteiger partial charge in [-0.15, -0.1) is 0 Å². The van der Waals surface area contributed by atoms with Gasteiger partial charge in [-0.25, -0.2) is 14.4 Å². The third kappa shape index (κ3) is 4.68. The van der Waals surface area contributed by atoms with Crippen molar-refractivity contribution in [1.29, 1.82) is 0 Å².